The fourth-order valence-corrected chi connectivity index (χ4v) is 3.44. The van der Waals surface area contributed by atoms with Crippen LogP contribution in [0.5, 0.6) is 0 Å². The summed E-state index contributed by atoms with van der Waals surface area (Å²) < 4.78 is 0. The van der Waals surface area contributed by atoms with Crippen LogP contribution in [0.4, 0.5) is 5.69 Å². The van der Waals surface area contributed by atoms with Gasteiger partial charge in [-0.3, -0.25) is 9.69 Å². The van der Waals surface area contributed by atoms with Gasteiger partial charge >= 0.3 is 0 Å². The molecule has 1 fully saturated rings. The number of guanidine groups is 2. The van der Waals surface area contributed by atoms with Gasteiger partial charge in [-0.05, 0) is 44.7 Å². The van der Waals surface area contributed by atoms with Crippen molar-refractivity contribution in [2.24, 2.45) is 21.5 Å². The summed E-state index contributed by atoms with van der Waals surface area (Å²) >= 11 is 0. The molecule has 2 aliphatic rings. The van der Waals surface area contributed by atoms with E-state index in [1.54, 1.807) is 0 Å². The molecule has 0 unspecified atom stereocenters. The quantitative estimate of drug-likeness (QED) is 0.815. The Hall–Kier alpha value is -2.37. The van der Waals surface area contributed by atoms with Gasteiger partial charge in [0.2, 0.25) is 11.9 Å². The minimum atomic E-state index is -0.513. The Morgan fingerprint density at radius 2 is 1.95 bits per heavy atom. The van der Waals surface area contributed by atoms with Crippen molar-refractivity contribution in [3.8, 4) is 0 Å². The molecule has 0 atom stereocenters. The number of carbonyl (C=O) groups excluding carboxylic acids is 1. The second-order valence-electron chi connectivity index (χ2n) is 6.00. The van der Waals surface area contributed by atoms with Crippen molar-refractivity contribution in [1.29, 1.82) is 0 Å². The van der Waals surface area contributed by atoms with Crippen molar-refractivity contribution >= 4 is 23.9 Å². The van der Waals surface area contributed by atoms with Crippen molar-refractivity contribution in [1.82, 2.24) is 0 Å². The van der Waals surface area contributed by atoms with Gasteiger partial charge in [-0.1, -0.05) is 18.1 Å². The number of aliphatic imine (C=N–C) groups is 2. The number of benzene rings is 1. The minimum Gasteiger partial charge on any atom is -0.369 e. The van der Waals surface area contributed by atoms with E-state index in [1.165, 1.54) is 6.42 Å². The topological polar surface area (TPSA) is 97.1 Å². The number of anilines is 1. The maximum atomic E-state index is 11.5. The van der Waals surface area contributed by atoms with E-state index in [0.29, 0.717) is 11.5 Å². The summed E-state index contributed by atoms with van der Waals surface area (Å²) in [6.07, 6.45) is 5.86. The second-order valence-corrected chi connectivity index (χ2v) is 6.00. The van der Waals surface area contributed by atoms with Crippen LogP contribution in [0.25, 0.3) is 0 Å². The minimum absolute atomic E-state index is 0.218. The predicted molar refractivity (Wildman–Crippen MR) is 88.1 cm³/mol. The molecule has 22 heavy (non-hydrogen) atoms. The molecule has 0 radical (unpaired) electrons. The number of carbonyl (C=O) groups is 1. The van der Waals surface area contributed by atoms with Gasteiger partial charge in [-0.2, -0.15) is 4.99 Å². The van der Waals surface area contributed by atoms with Crippen LogP contribution in [0.15, 0.2) is 28.2 Å². The third kappa shape index (κ3) is 2.34. The summed E-state index contributed by atoms with van der Waals surface area (Å²) in [6, 6.07) is 5.73. The second kappa shape index (κ2) is 5.44. The van der Waals surface area contributed by atoms with E-state index in [1.807, 2.05) is 30.0 Å². The standard InChI is InChI=1S/C16H21N5O/c1-11-5-6-13(12(9-11)10-22)21-15(18)19-14(17)20-16(21)7-3-2-4-8-16/h5-6,9-10H,2-4,7-8H2,1H3,(H4,17,18,19,20). The van der Waals surface area contributed by atoms with Crippen LogP contribution in [-0.4, -0.2) is 23.9 Å². The summed E-state index contributed by atoms with van der Waals surface area (Å²) in [5.74, 6) is 0.525. The van der Waals surface area contributed by atoms with Crippen LogP contribution < -0.4 is 16.4 Å². The Balaban J connectivity index is 2.14. The van der Waals surface area contributed by atoms with Crippen LogP contribution >= 0.6 is 0 Å². The zero-order chi connectivity index (χ0) is 15.7. The Morgan fingerprint density at radius 3 is 2.64 bits per heavy atom. The highest BCUT2D eigenvalue weighted by atomic mass is 16.1. The van der Waals surface area contributed by atoms with Gasteiger partial charge in [-0.25, -0.2) is 4.99 Å². The van der Waals surface area contributed by atoms with Crippen LogP contribution in [0.3, 0.4) is 0 Å². The number of aldehydes is 1. The zero-order valence-corrected chi connectivity index (χ0v) is 12.7. The van der Waals surface area contributed by atoms with Crippen molar-refractivity contribution < 1.29 is 4.79 Å². The van der Waals surface area contributed by atoms with E-state index >= 15 is 0 Å². The molecular weight excluding hydrogens is 278 g/mol. The van der Waals surface area contributed by atoms with Gasteiger partial charge in [0.1, 0.15) is 5.66 Å². The average molecular weight is 299 g/mol. The van der Waals surface area contributed by atoms with E-state index < -0.39 is 5.66 Å². The first kappa shape index (κ1) is 14.6. The number of nitrogens with zero attached hydrogens (tertiary/aromatic N) is 3. The normalized spacial score (nSPS) is 20.5. The molecule has 0 amide bonds. The van der Waals surface area contributed by atoms with Gasteiger partial charge in [0.15, 0.2) is 6.29 Å². The van der Waals surface area contributed by atoms with E-state index in [4.69, 9.17) is 11.5 Å². The maximum Gasteiger partial charge on any atom is 0.220 e. The van der Waals surface area contributed by atoms with Crippen LogP contribution in [-0.2, 0) is 0 Å². The molecule has 116 valence electrons. The van der Waals surface area contributed by atoms with E-state index in [-0.39, 0.29) is 5.96 Å². The Kier molecular flexibility index (Phi) is 3.60. The number of rotatable bonds is 2. The molecule has 1 heterocycles. The molecular formula is C16H21N5O. The highest BCUT2D eigenvalue weighted by molar-refractivity contribution is 6.07. The molecule has 0 aromatic heterocycles. The SMILES string of the molecule is Cc1ccc(N2C(N)=NC(N)=NC23CCCCC3)c(C=O)c1. The number of hydrogen-bond donors (Lipinski definition) is 2. The molecule has 6 nitrogen and oxygen atoms in total. The highest BCUT2D eigenvalue weighted by Gasteiger charge is 2.43. The Morgan fingerprint density at radius 1 is 1.23 bits per heavy atom. The molecule has 3 rings (SSSR count). The van der Waals surface area contributed by atoms with Crippen LogP contribution in [0.1, 0.15) is 48.0 Å². The smallest absolute Gasteiger partial charge is 0.220 e. The summed E-state index contributed by atoms with van der Waals surface area (Å²) in [6.45, 7) is 1.96. The van der Waals surface area contributed by atoms with E-state index in [0.717, 1.165) is 43.2 Å². The molecule has 1 spiro atoms. The van der Waals surface area contributed by atoms with Gasteiger partial charge in [-0.15, -0.1) is 0 Å². The van der Waals surface area contributed by atoms with Crippen molar-refractivity contribution in [3.05, 3.63) is 29.3 Å². The largest absolute Gasteiger partial charge is 0.369 e. The highest BCUT2D eigenvalue weighted by Crippen LogP contribution is 2.40. The van der Waals surface area contributed by atoms with Crippen molar-refractivity contribution in [2.75, 3.05) is 4.90 Å². The Labute approximate surface area is 129 Å². The Bertz CT molecular complexity index is 659. The van der Waals surface area contributed by atoms with E-state index in [9.17, 15) is 4.79 Å². The number of nitrogens with two attached hydrogens (primary N) is 2. The van der Waals surface area contributed by atoms with Gasteiger partial charge in [0.05, 0.1) is 5.69 Å². The van der Waals surface area contributed by atoms with Crippen LogP contribution in [0, 0.1) is 6.92 Å². The fourth-order valence-electron chi connectivity index (χ4n) is 3.44. The first-order valence-electron chi connectivity index (χ1n) is 7.61. The van der Waals surface area contributed by atoms with E-state index in [2.05, 4.69) is 9.98 Å². The third-order valence-electron chi connectivity index (χ3n) is 4.40. The molecule has 0 saturated heterocycles. The van der Waals surface area contributed by atoms with Crippen molar-refractivity contribution in [3.63, 3.8) is 0 Å². The lowest BCUT2D eigenvalue weighted by Crippen LogP contribution is -2.58. The van der Waals surface area contributed by atoms with Crippen molar-refractivity contribution in [2.45, 2.75) is 44.7 Å². The third-order valence-corrected chi connectivity index (χ3v) is 4.40. The lowest BCUT2D eigenvalue weighted by Gasteiger charge is -2.46. The first-order valence-corrected chi connectivity index (χ1v) is 7.61. The van der Waals surface area contributed by atoms with Crippen LogP contribution in [0.2, 0.25) is 0 Å². The molecule has 4 N–H and O–H groups in total. The summed E-state index contributed by atoms with van der Waals surface area (Å²) in [5.41, 5.74) is 13.9. The molecule has 1 aromatic rings. The summed E-state index contributed by atoms with van der Waals surface area (Å²) in [5, 5.41) is 0. The van der Waals surface area contributed by atoms with Gasteiger partial charge in [0, 0.05) is 5.56 Å². The molecule has 0 bridgehead atoms. The predicted octanol–water partition coefficient (Wildman–Crippen LogP) is 1.92. The first-order chi connectivity index (χ1) is 10.6. The summed E-state index contributed by atoms with van der Waals surface area (Å²) in [7, 11) is 0. The molecule has 1 aliphatic carbocycles. The monoisotopic (exact) mass is 299 g/mol. The molecule has 1 aromatic carbocycles. The molecule has 1 aliphatic heterocycles. The van der Waals surface area contributed by atoms with Gasteiger partial charge < -0.3 is 11.5 Å². The average Bonchev–Trinajstić information content (AvgIpc) is 2.48. The fraction of sp³-hybridized carbons (Fsp3) is 0.438. The van der Waals surface area contributed by atoms with Gasteiger partial charge in [0.25, 0.3) is 0 Å². The molecule has 6 heteroatoms. The lowest BCUT2D eigenvalue weighted by molar-refractivity contribution is 0.112. The lowest BCUT2D eigenvalue weighted by atomic mass is 9.87. The zero-order valence-electron chi connectivity index (χ0n) is 12.7. The number of hydrogen-bond acceptors (Lipinski definition) is 6. The maximum absolute atomic E-state index is 11.5. The molecule has 1 saturated carbocycles. The number of aryl methyl sites for hydroxylation is 1. The summed E-state index contributed by atoms with van der Waals surface area (Å²) in [4.78, 5) is 22.1.